The molecule has 0 N–H and O–H groups in total. The zero-order valence-electron chi connectivity index (χ0n) is 32.7. The molecule has 7 unspecified atom stereocenters. The second-order valence-corrected chi connectivity index (χ2v) is 48.9. The summed E-state index contributed by atoms with van der Waals surface area (Å²) in [6, 6.07) is 0. The van der Waals surface area contributed by atoms with Gasteiger partial charge in [-0.25, -0.2) is 0 Å². The van der Waals surface area contributed by atoms with Crippen molar-refractivity contribution in [3.05, 3.63) is 0 Å². The first-order valence-electron chi connectivity index (χ1n) is 16.4. The molecule has 4 rings (SSSR count). The van der Waals surface area contributed by atoms with Crippen molar-refractivity contribution in [1.29, 1.82) is 0 Å². The summed E-state index contributed by atoms with van der Waals surface area (Å²) in [7, 11) is -46.5. The third kappa shape index (κ3) is 13.3. The van der Waals surface area contributed by atoms with Crippen LogP contribution >= 0.6 is 0 Å². The standard InChI is InChI=1S/C17H49O20Si16/c1-17(2)18-47-29-48(23-41(5)6,20-38-19-40(3)4)32-52(27-45(13)14)34-50(25-43(9)10)22-39-21-49(30-47,24-42(7)8)33-53(35-50,28-46(15)16)37-51(31-47,36-52)26-44(11)12/h17H,1-16H3. The molecular weight excluding hydrogens is 974 g/mol. The van der Waals surface area contributed by atoms with E-state index in [2.05, 4.69) is 0 Å². The SMILES string of the molecule is CC(C)O[Si]12O[Si](O[Si]O[Si](C)C)(O[Si](C)C)O[Si]3(O[Si](C)C)O[Si]4(O[Si](C)C)O[Si]O[Si](O[Si](C)C)(O1)O[Si](O[Si](C)C)(O4)O[Si](O[Si](C)C)(O2)O3. The fourth-order valence-corrected chi connectivity index (χ4v) is 52.6. The predicted octanol–water partition coefficient (Wildman–Crippen LogP) is 1.66. The van der Waals surface area contributed by atoms with Crippen molar-refractivity contribution in [2.45, 2.75) is 112 Å². The quantitative estimate of drug-likeness (QED) is 0.181. The Labute approximate surface area is 338 Å². The third-order valence-corrected chi connectivity index (χ3v) is 45.9. The molecular formula is C17H49O20Si16. The van der Waals surface area contributed by atoms with Crippen molar-refractivity contribution < 1.29 is 82.6 Å². The highest BCUT2D eigenvalue weighted by Gasteiger charge is 2.86. The fraction of sp³-hybridized carbons (Fsp3) is 1.00. The second kappa shape index (κ2) is 19.2. The average Bonchev–Trinajstić information content (AvgIpc) is 2.86. The van der Waals surface area contributed by atoms with Gasteiger partial charge in [-0.3, -0.25) is 0 Å². The molecule has 0 amide bonds. The van der Waals surface area contributed by atoms with Gasteiger partial charge in [0, 0.05) is 6.10 Å². The maximum Gasteiger partial charge on any atom is 0.662 e. The van der Waals surface area contributed by atoms with E-state index < -0.39 is 153 Å². The van der Waals surface area contributed by atoms with E-state index >= 15 is 0 Å². The minimum atomic E-state index is -4.90. The number of fused-ring (bicyclic) bond motifs is 4. The Balaban J connectivity index is 2.18. The Bertz CT molecular complexity index is 1140. The first-order chi connectivity index (χ1) is 24.4. The van der Waals surface area contributed by atoms with Crippen molar-refractivity contribution in [3.63, 3.8) is 0 Å². The zero-order chi connectivity index (χ0) is 39.7. The van der Waals surface area contributed by atoms with E-state index in [0.29, 0.717) is 0 Å². The fourth-order valence-electron chi connectivity index (χ4n) is 4.33. The van der Waals surface area contributed by atoms with E-state index in [1.165, 1.54) is 0 Å². The van der Waals surface area contributed by atoms with Gasteiger partial charge in [-0.1, -0.05) is 0 Å². The van der Waals surface area contributed by atoms with Gasteiger partial charge in [-0.15, -0.1) is 0 Å². The van der Waals surface area contributed by atoms with Crippen LogP contribution in [0.15, 0.2) is 0 Å². The first-order valence-corrected chi connectivity index (χ1v) is 46.3. The highest BCUT2D eigenvalue weighted by molar-refractivity contribution is 6.97. The Morgan fingerprint density at radius 2 is 0.736 bits per heavy atom. The summed E-state index contributed by atoms with van der Waals surface area (Å²) in [6.07, 6.45) is -0.603. The Morgan fingerprint density at radius 3 is 1.11 bits per heavy atom. The highest BCUT2D eigenvalue weighted by atomic mass is 28.7. The molecule has 4 aliphatic heterocycles. The van der Waals surface area contributed by atoms with Gasteiger partial charge >= 0.3 is 83.3 Å². The maximum atomic E-state index is 7.04. The number of hydrogen-bond donors (Lipinski definition) is 0. The molecule has 4 saturated heterocycles. The number of hydrogen-bond acceptors (Lipinski definition) is 20. The van der Waals surface area contributed by atoms with Gasteiger partial charge < -0.3 is 82.6 Å². The maximum absolute atomic E-state index is 7.04. The number of rotatable bonds is 18. The molecule has 0 aromatic heterocycles. The summed E-state index contributed by atoms with van der Waals surface area (Å²) in [5, 5.41) is 0. The summed E-state index contributed by atoms with van der Waals surface area (Å²) in [6.45, 7) is 30.0. The van der Waals surface area contributed by atoms with Gasteiger partial charge in [0.25, 0.3) is 0 Å². The van der Waals surface area contributed by atoms with Crippen molar-refractivity contribution >= 4 is 147 Å². The molecule has 4 fully saturated rings. The summed E-state index contributed by atoms with van der Waals surface area (Å²) in [5.41, 5.74) is 0. The first kappa shape index (κ1) is 48.3. The van der Waals surface area contributed by atoms with Crippen molar-refractivity contribution in [2.75, 3.05) is 0 Å². The van der Waals surface area contributed by atoms with Crippen molar-refractivity contribution in [1.82, 2.24) is 0 Å². The molecule has 53 heavy (non-hydrogen) atoms. The molecule has 7 atom stereocenters. The van der Waals surface area contributed by atoms with E-state index in [9.17, 15) is 0 Å². The van der Waals surface area contributed by atoms with Crippen LogP contribution in [0.4, 0.5) is 0 Å². The van der Waals surface area contributed by atoms with Gasteiger partial charge in [0.2, 0.25) is 0 Å². The van der Waals surface area contributed by atoms with Gasteiger partial charge in [-0.05, 0) is 106 Å². The molecule has 0 aromatic carbocycles. The van der Waals surface area contributed by atoms with Gasteiger partial charge in [-0.2, -0.15) is 0 Å². The highest BCUT2D eigenvalue weighted by Crippen LogP contribution is 2.46. The Kier molecular flexibility index (Phi) is 17.5. The van der Waals surface area contributed by atoms with Gasteiger partial charge in [0.15, 0.2) is 63.3 Å². The lowest BCUT2D eigenvalue weighted by atomic mass is 10.5. The molecule has 0 spiro atoms. The molecule has 4 aliphatic rings. The average molecular weight is 1020 g/mol. The molecule has 6 bridgehead atoms. The minimum absolute atomic E-state index is 0.603. The van der Waals surface area contributed by atoms with E-state index in [4.69, 9.17) is 82.6 Å². The van der Waals surface area contributed by atoms with Crippen LogP contribution in [-0.4, -0.2) is 153 Å². The van der Waals surface area contributed by atoms with Crippen LogP contribution in [0.3, 0.4) is 0 Å². The van der Waals surface area contributed by atoms with Gasteiger partial charge in [0.1, 0.15) is 0 Å². The van der Waals surface area contributed by atoms with Gasteiger partial charge in [0.05, 0.1) is 0 Å². The van der Waals surface area contributed by atoms with Crippen LogP contribution in [0.5, 0.6) is 0 Å². The molecule has 0 aromatic rings. The lowest BCUT2D eigenvalue weighted by Crippen LogP contribution is -2.87. The van der Waals surface area contributed by atoms with Crippen LogP contribution < -0.4 is 0 Å². The normalized spacial score (nSPS) is 38.0. The van der Waals surface area contributed by atoms with Crippen LogP contribution in [-0.2, 0) is 82.6 Å². The lowest BCUT2D eigenvalue weighted by Gasteiger charge is -2.55. The van der Waals surface area contributed by atoms with E-state index in [0.717, 1.165) is 0 Å². The Hall–Kier alpha value is 2.67. The van der Waals surface area contributed by atoms with E-state index in [1.54, 1.807) is 13.8 Å². The molecule has 20 nitrogen and oxygen atoms in total. The largest absolute Gasteiger partial charge is 0.662 e. The molecule has 301 valence electrons. The predicted molar refractivity (Wildman–Crippen MR) is 211 cm³/mol. The lowest BCUT2D eigenvalue weighted by molar-refractivity contribution is -0.105. The molecule has 4 heterocycles. The monoisotopic (exact) mass is 1020 g/mol. The van der Waals surface area contributed by atoms with E-state index in [1.807, 2.05) is 91.7 Å². The molecule has 0 saturated carbocycles. The van der Waals surface area contributed by atoms with Crippen molar-refractivity contribution in [3.8, 4) is 0 Å². The second-order valence-electron chi connectivity index (χ2n) is 13.1. The molecule has 36 heteroatoms. The Morgan fingerprint density at radius 1 is 0.415 bits per heavy atom. The van der Waals surface area contributed by atoms with Crippen LogP contribution in [0.25, 0.3) is 0 Å². The zero-order valence-corrected chi connectivity index (χ0v) is 48.7. The topological polar surface area (TPSA) is 185 Å². The van der Waals surface area contributed by atoms with Crippen LogP contribution in [0.2, 0.25) is 91.7 Å². The van der Waals surface area contributed by atoms with Crippen molar-refractivity contribution in [2.24, 2.45) is 0 Å². The molecule has 11 radical (unpaired) electrons. The summed E-state index contributed by atoms with van der Waals surface area (Å²) in [5.74, 6) is 0. The van der Waals surface area contributed by atoms with Crippen LogP contribution in [0.1, 0.15) is 13.8 Å². The summed E-state index contributed by atoms with van der Waals surface area (Å²) in [4.78, 5) is 0. The van der Waals surface area contributed by atoms with Crippen LogP contribution in [0, 0.1) is 0 Å². The third-order valence-electron chi connectivity index (χ3n) is 5.35. The summed E-state index contributed by atoms with van der Waals surface area (Å²) < 4.78 is 135. The van der Waals surface area contributed by atoms with E-state index in [-0.39, 0.29) is 0 Å². The smallest absolute Gasteiger partial charge is 0.435 e. The molecule has 0 aliphatic carbocycles. The summed E-state index contributed by atoms with van der Waals surface area (Å²) >= 11 is 0. The minimum Gasteiger partial charge on any atom is -0.435 e.